The van der Waals surface area contributed by atoms with Crippen molar-refractivity contribution in [3.8, 4) is 5.75 Å². The highest BCUT2D eigenvalue weighted by Crippen LogP contribution is 2.28. The van der Waals surface area contributed by atoms with Crippen LogP contribution in [0.5, 0.6) is 5.75 Å². The second-order valence-electron chi connectivity index (χ2n) is 2.45. The SMILES string of the molecule is N#[N+]c1cnc2ncccc2c1[O-]. The molecule has 2 rings (SSSR count). The maximum Gasteiger partial charge on any atom is 0.396 e. The van der Waals surface area contributed by atoms with Gasteiger partial charge in [-0.15, -0.1) is 0 Å². The molecule has 0 amide bonds. The Labute approximate surface area is 73.3 Å². The minimum atomic E-state index is -0.361. The molecule has 0 unspecified atom stereocenters. The summed E-state index contributed by atoms with van der Waals surface area (Å²) in [6.07, 6.45) is 2.74. The van der Waals surface area contributed by atoms with Crippen LogP contribution in [0.2, 0.25) is 0 Å². The first-order valence-corrected chi connectivity index (χ1v) is 3.59. The van der Waals surface area contributed by atoms with Crippen molar-refractivity contribution < 1.29 is 5.11 Å². The summed E-state index contributed by atoms with van der Waals surface area (Å²) in [5.74, 6) is -0.361. The number of hydrogen-bond acceptors (Lipinski definition) is 4. The molecular formula is C8H4N4O. The van der Waals surface area contributed by atoms with Crippen LogP contribution in [0.3, 0.4) is 0 Å². The van der Waals surface area contributed by atoms with Crippen molar-refractivity contribution in [2.75, 3.05) is 0 Å². The molecule has 0 bridgehead atoms. The van der Waals surface area contributed by atoms with Crippen LogP contribution in [0.4, 0.5) is 5.69 Å². The zero-order valence-corrected chi connectivity index (χ0v) is 6.51. The van der Waals surface area contributed by atoms with Gasteiger partial charge in [0.05, 0.1) is 0 Å². The molecule has 0 spiro atoms. The first-order chi connectivity index (χ1) is 6.33. The molecule has 0 radical (unpaired) electrons. The number of pyridine rings is 2. The predicted molar refractivity (Wildman–Crippen MR) is 43.7 cm³/mol. The number of rotatable bonds is 0. The summed E-state index contributed by atoms with van der Waals surface area (Å²) in [5, 5.41) is 20.2. The quantitative estimate of drug-likeness (QED) is 0.559. The molecule has 13 heavy (non-hydrogen) atoms. The highest BCUT2D eigenvalue weighted by molar-refractivity contribution is 5.86. The Bertz CT molecular complexity index is 503. The first kappa shape index (κ1) is 7.43. The van der Waals surface area contributed by atoms with E-state index in [2.05, 4.69) is 14.9 Å². The Kier molecular flexibility index (Phi) is 1.53. The van der Waals surface area contributed by atoms with Gasteiger partial charge in [0.15, 0.2) is 10.6 Å². The highest BCUT2D eigenvalue weighted by atomic mass is 16.3. The summed E-state index contributed by atoms with van der Waals surface area (Å²) in [6.45, 7) is 0. The largest absolute Gasteiger partial charge is 0.866 e. The number of nitrogens with zero attached hydrogens (tertiary/aromatic N) is 4. The van der Waals surface area contributed by atoms with Gasteiger partial charge < -0.3 is 5.11 Å². The first-order valence-electron chi connectivity index (χ1n) is 3.59. The third kappa shape index (κ3) is 1.05. The van der Waals surface area contributed by atoms with Crippen molar-refractivity contribution in [2.24, 2.45) is 0 Å². The topological polar surface area (TPSA) is 77.0 Å². The molecule has 2 heterocycles. The monoisotopic (exact) mass is 172 g/mol. The maximum atomic E-state index is 11.4. The van der Waals surface area contributed by atoms with Gasteiger partial charge in [-0.1, -0.05) is 0 Å². The minimum absolute atomic E-state index is 0.0690. The minimum Gasteiger partial charge on any atom is -0.866 e. The zero-order valence-electron chi connectivity index (χ0n) is 6.51. The van der Waals surface area contributed by atoms with Gasteiger partial charge in [-0.3, -0.25) is 0 Å². The molecule has 0 aliphatic heterocycles. The lowest BCUT2D eigenvalue weighted by Crippen LogP contribution is -1.93. The standard InChI is InChI=1S/C8H4N4O/c9-12-6-4-11-8-5(7(6)13)2-1-3-10-8/h1-4H. The summed E-state index contributed by atoms with van der Waals surface area (Å²) in [6, 6.07) is 3.22. The smallest absolute Gasteiger partial charge is 0.396 e. The molecule has 0 N–H and O–H groups in total. The Morgan fingerprint density at radius 2 is 2.23 bits per heavy atom. The number of aromatic nitrogens is 2. The molecule has 2 aromatic heterocycles. The lowest BCUT2D eigenvalue weighted by atomic mass is 10.2. The molecular weight excluding hydrogens is 168 g/mol. The summed E-state index contributed by atoms with van der Waals surface area (Å²) in [7, 11) is 0. The molecule has 0 aromatic carbocycles. The van der Waals surface area contributed by atoms with Crippen LogP contribution in [0.1, 0.15) is 0 Å². The Hall–Kier alpha value is -2.22. The average Bonchev–Trinajstić information content (AvgIpc) is 2.19. The van der Waals surface area contributed by atoms with Gasteiger partial charge in [0.1, 0.15) is 6.20 Å². The molecule has 5 heteroatoms. The molecule has 0 saturated heterocycles. The fourth-order valence-electron chi connectivity index (χ4n) is 1.07. The van der Waals surface area contributed by atoms with Gasteiger partial charge in [0.2, 0.25) is 5.39 Å². The van der Waals surface area contributed by atoms with Gasteiger partial charge in [0, 0.05) is 17.3 Å². The zero-order chi connectivity index (χ0) is 9.26. The molecule has 62 valence electrons. The van der Waals surface area contributed by atoms with Crippen LogP contribution in [0.15, 0.2) is 24.5 Å². The molecule has 0 aliphatic carbocycles. The van der Waals surface area contributed by atoms with Gasteiger partial charge >= 0.3 is 5.69 Å². The van der Waals surface area contributed by atoms with E-state index in [1.165, 1.54) is 6.20 Å². The number of diazo groups is 1. The van der Waals surface area contributed by atoms with Crippen molar-refractivity contribution in [2.45, 2.75) is 0 Å². The molecule has 0 fully saturated rings. The molecule has 0 aliphatic rings. The van der Waals surface area contributed by atoms with Crippen LogP contribution in [-0.2, 0) is 0 Å². The van der Waals surface area contributed by atoms with E-state index in [0.29, 0.717) is 11.0 Å². The van der Waals surface area contributed by atoms with E-state index >= 15 is 0 Å². The van der Waals surface area contributed by atoms with Gasteiger partial charge in [-0.25, -0.2) is 9.97 Å². The Balaban J connectivity index is 2.89. The van der Waals surface area contributed by atoms with E-state index in [0.717, 1.165) is 0 Å². The second-order valence-corrected chi connectivity index (χ2v) is 2.45. The fourth-order valence-corrected chi connectivity index (χ4v) is 1.07. The van der Waals surface area contributed by atoms with Crippen molar-refractivity contribution in [1.82, 2.24) is 9.97 Å². The number of hydrogen-bond donors (Lipinski definition) is 0. The van der Waals surface area contributed by atoms with Crippen LogP contribution in [0.25, 0.3) is 16.0 Å². The highest BCUT2D eigenvalue weighted by Gasteiger charge is 2.09. The normalized spacial score (nSPS) is 9.77. The summed E-state index contributed by atoms with van der Waals surface area (Å²) in [4.78, 5) is 10.5. The third-order valence-electron chi connectivity index (χ3n) is 1.68. The van der Waals surface area contributed by atoms with E-state index in [-0.39, 0.29) is 11.4 Å². The fraction of sp³-hybridized carbons (Fsp3) is 0. The second kappa shape index (κ2) is 2.68. The third-order valence-corrected chi connectivity index (χ3v) is 1.68. The van der Waals surface area contributed by atoms with Crippen LogP contribution in [0, 0.1) is 5.39 Å². The van der Waals surface area contributed by atoms with E-state index in [1.54, 1.807) is 18.3 Å². The summed E-state index contributed by atoms with van der Waals surface area (Å²) < 4.78 is 0. The lowest BCUT2D eigenvalue weighted by molar-refractivity contribution is -0.264. The van der Waals surface area contributed by atoms with Gasteiger partial charge in [0.25, 0.3) is 0 Å². The van der Waals surface area contributed by atoms with E-state index in [1.807, 2.05) is 0 Å². The van der Waals surface area contributed by atoms with E-state index < -0.39 is 0 Å². The van der Waals surface area contributed by atoms with Crippen LogP contribution >= 0.6 is 0 Å². The molecule has 5 nitrogen and oxygen atoms in total. The average molecular weight is 172 g/mol. The van der Waals surface area contributed by atoms with E-state index in [4.69, 9.17) is 5.39 Å². The number of fused-ring (bicyclic) bond motifs is 1. The van der Waals surface area contributed by atoms with Crippen LogP contribution in [-0.4, -0.2) is 9.97 Å². The van der Waals surface area contributed by atoms with Crippen LogP contribution < -0.4 is 5.11 Å². The lowest BCUT2D eigenvalue weighted by Gasteiger charge is -2.03. The molecule has 2 aromatic rings. The summed E-state index contributed by atoms with van der Waals surface area (Å²) in [5.41, 5.74) is 0.292. The maximum absolute atomic E-state index is 11.4. The van der Waals surface area contributed by atoms with Crippen molar-refractivity contribution in [3.05, 3.63) is 29.5 Å². The molecule has 0 saturated carbocycles. The van der Waals surface area contributed by atoms with Gasteiger partial charge in [-0.05, 0) is 12.1 Å². The van der Waals surface area contributed by atoms with Crippen molar-refractivity contribution >= 4 is 16.7 Å². The Morgan fingerprint density at radius 3 is 3.00 bits per heavy atom. The van der Waals surface area contributed by atoms with Gasteiger partial charge in [-0.2, -0.15) is 0 Å². The van der Waals surface area contributed by atoms with Crippen molar-refractivity contribution in [3.63, 3.8) is 0 Å². The Morgan fingerprint density at radius 1 is 1.38 bits per heavy atom. The van der Waals surface area contributed by atoms with Crippen molar-refractivity contribution in [1.29, 1.82) is 5.39 Å². The predicted octanol–water partition coefficient (Wildman–Crippen LogP) is 1.19. The summed E-state index contributed by atoms with van der Waals surface area (Å²) >= 11 is 0. The van der Waals surface area contributed by atoms with E-state index in [9.17, 15) is 5.11 Å². The molecule has 0 atom stereocenters.